The molecule has 2 aromatic rings. The molecule has 3 rings (SSSR count). The summed E-state index contributed by atoms with van der Waals surface area (Å²) in [4.78, 5) is 25.5. The second-order valence-corrected chi connectivity index (χ2v) is 8.95. The Morgan fingerprint density at radius 3 is 2.43 bits per heavy atom. The van der Waals surface area contributed by atoms with Gasteiger partial charge in [0.1, 0.15) is 0 Å². The first-order valence-corrected chi connectivity index (χ1v) is 11.5. The first-order chi connectivity index (χ1) is 14.2. The number of hydrogen-bond acceptors (Lipinski definition) is 5. The van der Waals surface area contributed by atoms with Gasteiger partial charge in [0.25, 0.3) is 11.8 Å². The van der Waals surface area contributed by atoms with Crippen LogP contribution in [-0.2, 0) is 14.8 Å². The van der Waals surface area contributed by atoms with E-state index in [1.165, 1.54) is 0 Å². The average molecular weight is 432 g/mol. The Labute approximate surface area is 176 Å². The lowest BCUT2D eigenvalue weighted by molar-refractivity contribution is 0.0858. The molecule has 9 heteroatoms. The van der Waals surface area contributed by atoms with Crippen molar-refractivity contribution < 1.29 is 22.7 Å². The van der Waals surface area contributed by atoms with Gasteiger partial charge < -0.3 is 15.4 Å². The smallest absolute Gasteiger partial charge is 0.256 e. The molecule has 0 bridgehead atoms. The van der Waals surface area contributed by atoms with Gasteiger partial charge in [-0.25, -0.2) is 8.42 Å². The number of ether oxygens (including phenoxy) is 1. The van der Waals surface area contributed by atoms with E-state index in [0.29, 0.717) is 41.2 Å². The van der Waals surface area contributed by atoms with Gasteiger partial charge in [-0.1, -0.05) is 18.2 Å². The zero-order valence-corrected chi connectivity index (χ0v) is 17.7. The van der Waals surface area contributed by atoms with Gasteiger partial charge in [0.15, 0.2) is 0 Å². The number of sulfonamides is 1. The molecule has 1 fully saturated rings. The largest absolute Gasteiger partial charge is 0.376 e. The molecule has 1 saturated heterocycles. The monoisotopic (exact) mass is 431 g/mol. The van der Waals surface area contributed by atoms with Crippen LogP contribution in [0.5, 0.6) is 0 Å². The SMILES string of the molecule is Cc1c(NS(C)(=O)=O)cccc1C(=O)Nc1ccccc1C(=O)NC[C@@H]1CCCO1. The Morgan fingerprint density at radius 2 is 1.73 bits per heavy atom. The Kier molecular flexibility index (Phi) is 6.73. The predicted molar refractivity (Wildman–Crippen MR) is 115 cm³/mol. The first kappa shape index (κ1) is 21.8. The lowest BCUT2D eigenvalue weighted by Gasteiger charge is -2.15. The lowest BCUT2D eigenvalue weighted by Crippen LogP contribution is -2.32. The van der Waals surface area contributed by atoms with Gasteiger partial charge in [-0.05, 0) is 49.6 Å². The summed E-state index contributed by atoms with van der Waals surface area (Å²) in [5.41, 5.74) is 1.83. The van der Waals surface area contributed by atoms with Crippen molar-refractivity contribution in [1.82, 2.24) is 5.32 Å². The molecule has 0 saturated carbocycles. The number of hydrogen-bond donors (Lipinski definition) is 3. The summed E-state index contributed by atoms with van der Waals surface area (Å²) in [5, 5.41) is 5.61. The molecule has 1 aliphatic heterocycles. The zero-order valence-electron chi connectivity index (χ0n) is 16.9. The normalized spacial score (nSPS) is 16.1. The first-order valence-electron chi connectivity index (χ1n) is 9.62. The number of rotatable bonds is 7. The third-order valence-electron chi connectivity index (χ3n) is 4.81. The van der Waals surface area contributed by atoms with Gasteiger partial charge in [0, 0.05) is 18.7 Å². The highest BCUT2D eigenvalue weighted by Gasteiger charge is 2.19. The van der Waals surface area contributed by atoms with Crippen LogP contribution in [0.1, 0.15) is 39.1 Å². The molecular weight excluding hydrogens is 406 g/mol. The minimum Gasteiger partial charge on any atom is -0.376 e. The van der Waals surface area contributed by atoms with Crippen LogP contribution in [0.15, 0.2) is 42.5 Å². The maximum Gasteiger partial charge on any atom is 0.256 e. The van der Waals surface area contributed by atoms with E-state index in [1.54, 1.807) is 49.4 Å². The molecule has 0 aromatic heterocycles. The Morgan fingerprint density at radius 1 is 1.03 bits per heavy atom. The van der Waals surface area contributed by atoms with Crippen LogP contribution in [-0.4, -0.2) is 45.7 Å². The van der Waals surface area contributed by atoms with Crippen molar-refractivity contribution >= 4 is 33.2 Å². The summed E-state index contributed by atoms with van der Waals surface area (Å²) in [7, 11) is -3.48. The van der Waals surface area contributed by atoms with Crippen molar-refractivity contribution in [2.75, 3.05) is 29.4 Å². The van der Waals surface area contributed by atoms with Gasteiger partial charge in [-0.3, -0.25) is 14.3 Å². The summed E-state index contributed by atoms with van der Waals surface area (Å²) >= 11 is 0. The van der Waals surface area contributed by atoms with Crippen LogP contribution in [0.4, 0.5) is 11.4 Å². The highest BCUT2D eigenvalue weighted by atomic mass is 32.2. The summed E-state index contributed by atoms with van der Waals surface area (Å²) < 4.78 is 31.0. The van der Waals surface area contributed by atoms with Crippen molar-refractivity contribution in [1.29, 1.82) is 0 Å². The fourth-order valence-electron chi connectivity index (χ4n) is 3.28. The maximum atomic E-state index is 12.9. The minimum atomic E-state index is -3.48. The highest BCUT2D eigenvalue weighted by Crippen LogP contribution is 2.22. The minimum absolute atomic E-state index is 0.0171. The predicted octanol–water partition coefficient (Wildman–Crippen LogP) is 2.53. The molecule has 2 amide bonds. The average Bonchev–Trinajstić information content (AvgIpc) is 3.21. The van der Waals surface area contributed by atoms with E-state index in [1.807, 2.05) is 0 Å². The second kappa shape index (κ2) is 9.27. The summed E-state index contributed by atoms with van der Waals surface area (Å²) in [6.07, 6.45) is 2.96. The van der Waals surface area contributed by atoms with Gasteiger partial charge in [-0.2, -0.15) is 0 Å². The lowest BCUT2D eigenvalue weighted by atomic mass is 10.1. The quantitative estimate of drug-likeness (QED) is 0.623. The fourth-order valence-corrected chi connectivity index (χ4v) is 3.90. The molecule has 1 atom stereocenters. The van der Waals surface area contributed by atoms with Crippen molar-refractivity contribution in [3.8, 4) is 0 Å². The van der Waals surface area contributed by atoms with Gasteiger partial charge in [0.05, 0.1) is 29.3 Å². The highest BCUT2D eigenvalue weighted by molar-refractivity contribution is 7.92. The molecule has 2 aromatic carbocycles. The topological polar surface area (TPSA) is 114 Å². The van der Waals surface area contributed by atoms with E-state index in [-0.39, 0.29) is 12.0 Å². The molecule has 1 heterocycles. The summed E-state index contributed by atoms with van der Waals surface area (Å²) in [6, 6.07) is 11.5. The van der Waals surface area contributed by atoms with Gasteiger partial charge in [-0.15, -0.1) is 0 Å². The van der Waals surface area contributed by atoms with Gasteiger partial charge >= 0.3 is 0 Å². The van der Waals surface area contributed by atoms with E-state index in [2.05, 4.69) is 15.4 Å². The van der Waals surface area contributed by atoms with E-state index < -0.39 is 15.9 Å². The summed E-state index contributed by atoms with van der Waals surface area (Å²) in [5.74, 6) is -0.741. The van der Waals surface area contributed by atoms with E-state index in [4.69, 9.17) is 4.74 Å². The molecule has 8 nitrogen and oxygen atoms in total. The Balaban J connectivity index is 1.76. The van der Waals surface area contributed by atoms with E-state index >= 15 is 0 Å². The Bertz CT molecular complexity index is 1050. The van der Waals surface area contributed by atoms with Crippen LogP contribution in [0.25, 0.3) is 0 Å². The number of benzene rings is 2. The molecule has 30 heavy (non-hydrogen) atoms. The number of nitrogens with one attached hydrogen (secondary N) is 3. The van der Waals surface area contributed by atoms with Crippen LogP contribution < -0.4 is 15.4 Å². The number of carbonyl (C=O) groups excluding carboxylic acids is 2. The molecule has 3 N–H and O–H groups in total. The van der Waals surface area contributed by atoms with Crippen molar-refractivity contribution in [3.63, 3.8) is 0 Å². The third kappa shape index (κ3) is 5.58. The van der Waals surface area contributed by atoms with Crippen LogP contribution in [0.2, 0.25) is 0 Å². The molecule has 160 valence electrons. The summed E-state index contributed by atoms with van der Waals surface area (Å²) in [6.45, 7) is 2.78. The number of amides is 2. The van der Waals surface area contributed by atoms with Crippen molar-refractivity contribution in [2.45, 2.75) is 25.9 Å². The molecule has 0 spiro atoms. The third-order valence-corrected chi connectivity index (χ3v) is 5.40. The second-order valence-electron chi connectivity index (χ2n) is 7.20. The molecule has 1 aliphatic rings. The fraction of sp³-hybridized carbons (Fsp3) is 0.333. The van der Waals surface area contributed by atoms with Crippen molar-refractivity contribution in [2.24, 2.45) is 0 Å². The van der Waals surface area contributed by atoms with Crippen LogP contribution in [0, 0.1) is 6.92 Å². The number of anilines is 2. The van der Waals surface area contributed by atoms with Crippen LogP contribution in [0.3, 0.4) is 0 Å². The van der Waals surface area contributed by atoms with Crippen molar-refractivity contribution in [3.05, 3.63) is 59.2 Å². The van der Waals surface area contributed by atoms with Gasteiger partial charge in [0.2, 0.25) is 10.0 Å². The Hall–Kier alpha value is -2.91. The molecule has 0 aliphatic carbocycles. The van der Waals surface area contributed by atoms with E-state index in [0.717, 1.165) is 19.1 Å². The van der Waals surface area contributed by atoms with E-state index in [9.17, 15) is 18.0 Å². The molecular formula is C21H25N3O5S. The number of carbonyl (C=O) groups is 2. The maximum absolute atomic E-state index is 12.9. The van der Waals surface area contributed by atoms with Crippen LogP contribution >= 0.6 is 0 Å². The standard InChI is InChI=1S/C21H25N3O5S/c1-14-16(9-5-11-18(14)24-30(2,27)28)21(26)23-19-10-4-3-8-17(19)20(25)22-13-15-7-6-12-29-15/h3-5,8-11,15,24H,6-7,12-13H2,1-2H3,(H,22,25)(H,23,26)/t15-/m0/s1. The molecule has 0 radical (unpaired) electrons. The zero-order chi connectivity index (χ0) is 21.7. The molecule has 0 unspecified atom stereocenters. The number of para-hydroxylation sites is 1.